The predicted molar refractivity (Wildman–Crippen MR) is 59.4 cm³/mol. The smallest absolute Gasteiger partial charge is 0.203 e. The molecular formula is C10H11ClN4O. The first kappa shape index (κ1) is 9.99. The van der Waals surface area contributed by atoms with E-state index in [9.17, 15) is 0 Å². The topological polar surface area (TPSA) is 52.8 Å². The van der Waals surface area contributed by atoms with E-state index in [1.54, 1.807) is 6.07 Å². The van der Waals surface area contributed by atoms with E-state index in [0.29, 0.717) is 16.8 Å². The lowest BCUT2D eigenvalue weighted by molar-refractivity contribution is 0.0669. The Morgan fingerprint density at radius 1 is 1.31 bits per heavy atom. The average molecular weight is 239 g/mol. The average Bonchev–Trinajstić information content (AvgIpc) is 2.73. The Morgan fingerprint density at radius 2 is 2.12 bits per heavy atom. The second-order valence-electron chi connectivity index (χ2n) is 3.85. The van der Waals surface area contributed by atoms with E-state index in [2.05, 4.69) is 15.3 Å². The van der Waals surface area contributed by atoms with Crippen LogP contribution in [0.4, 0.5) is 0 Å². The third kappa shape index (κ3) is 1.66. The van der Waals surface area contributed by atoms with E-state index in [4.69, 9.17) is 16.3 Å². The van der Waals surface area contributed by atoms with Crippen molar-refractivity contribution in [1.82, 2.24) is 20.0 Å². The summed E-state index contributed by atoms with van der Waals surface area (Å²) < 4.78 is 7.26. The minimum Gasteiger partial charge on any atom is -0.381 e. The summed E-state index contributed by atoms with van der Waals surface area (Å²) >= 11 is 5.81. The zero-order valence-electron chi connectivity index (χ0n) is 8.64. The van der Waals surface area contributed by atoms with E-state index >= 15 is 0 Å². The van der Waals surface area contributed by atoms with Crippen LogP contribution in [0.5, 0.6) is 0 Å². The monoisotopic (exact) mass is 238 g/mol. The zero-order chi connectivity index (χ0) is 11.0. The van der Waals surface area contributed by atoms with Gasteiger partial charge in [0.05, 0.1) is 6.04 Å². The van der Waals surface area contributed by atoms with E-state index in [-0.39, 0.29) is 0 Å². The van der Waals surface area contributed by atoms with Gasteiger partial charge in [0.1, 0.15) is 10.7 Å². The number of hydrogen-bond acceptors (Lipinski definition) is 4. The SMILES string of the molecule is Clc1ccc2c(nnn2C2CCOCC2)n1. The summed E-state index contributed by atoms with van der Waals surface area (Å²) in [6.45, 7) is 1.57. The molecular weight excluding hydrogens is 228 g/mol. The highest BCUT2D eigenvalue weighted by atomic mass is 35.5. The van der Waals surface area contributed by atoms with Crippen LogP contribution in [0.25, 0.3) is 11.2 Å². The van der Waals surface area contributed by atoms with Gasteiger partial charge >= 0.3 is 0 Å². The largest absolute Gasteiger partial charge is 0.381 e. The van der Waals surface area contributed by atoms with Gasteiger partial charge in [-0.3, -0.25) is 0 Å². The van der Waals surface area contributed by atoms with Crippen LogP contribution in [0, 0.1) is 0 Å². The minimum absolute atomic E-state index is 0.363. The molecule has 0 radical (unpaired) electrons. The molecule has 0 spiro atoms. The minimum atomic E-state index is 0.363. The van der Waals surface area contributed by atoms with Gasteiger partial charge in [-0.1, -0.05) is 16.8 Å². The molecule has 84 valence electrons. The van der Waals surface area contributed by atoms with Gasteiger partial charge < -0.3 is 4.74 Å². The molecule has 6 heteroatoms. The summed E-state index contributed by atoms with van der Waals surface area (Å²) in [6.07, 6.45) is 1.95. The number of rotatable bonds is 1. The number of hydrogen-bond donors (Lipinski definition) is 0. The van der Waals surface area contributed by atoms with Crippen molar-refractivity contribution >= 4 is 22.8 Å². The Morgan fingerprint density at radius 3 is 2.94 bits per heavy atom. The molecule has 3 heterocycles. The Hall–Kier alpha value is -1.20. The fraction of sp³-hybridized carbons (Fsp3) is 0.500. The highest BCUT2D eigenvalue weighted by molar-refractivity contribution is 6.29. The lowest BCUT2D eigenvalue weighted by atomic mass is 10.1. The van der Waals surface area contributed by atoms with E-state index in [1.807, 2.05) is 10.7 Å². The number of pyridine rings is 1. The van der Waals surface area contributed by atoms with Crippen molar-refractivity contribution < 1.29 is 4.74 Å². The molecule has 0 amide bonds. The van der Waals surface area contributed by atoms with Gasteiger partial charge in [-0.25, -0.2) is 9.67 Å². The van der Waals surface area contributed by atoms with Gasteiger partial charge in [0.2, 0.25) is 5.65 Å². The normalized spacial score (nSPS) is 18.1. The van der Waals surface area contributed by atoms with Crippen LogP contribution in [0.15, 0.2) is 12.1 Å². The van der Waals surface area contributed by atoms with Crippen LogP contribution in [-0.2, 0) is 4.74 Å². The first-order chi connectivity index (χ1) is 7.84. The standard InChI is InChI=1S/C10H11ClN4O/c11-9-2-1-8-10(12-9)13-14-15(8)7-3-5-16-6-4-7/h1-2,7H,3-6H2. The van der Waals surface area contributed by atoms with Crippen molar-refractivity contribution in [2.24, 2.45) is 0 Å². The summed E-state index contributed by atoms with van der Waals surface area (Å²) in [7, 11) is 0. The second kappa shape index (κ2) is 3.99. The Kier molecular flexibility index (Phi) is 2.49. The number of halogens is 1. The lowest BCUT2D eigenvalue weighted by Gasteiger charge is -2.22. The van der Waals surface area contributed by atoms with Crippen LogP contribution in [0.2, 0.25) is 5.15 Å². The zero-order valence-corrected chi connectivity index (χ0v) is 9.39. The van der Waals surface area contributed by atoms with Crippen LogP contribution in [0.1, 0.15) is 18.9 Å². The predicted octanol–water partition coefficient (Wildman–Crippen LogP) is 1.83. The van der Waals surface area contributed by atoms with E-state index in [1.165, 1.54) is 0 Å². The van der Waals surface area contributed by atoms with Crippen molar-refractivity contribution in [2.45, 2.75) is 18.9 Å². The summed E-state index contributed by atoms with van der Waals surface area (Å²) in [5, 5.41) is 8.63. The summed E-state index contributed by atoms with van der Waals surface area (Å²) in [4.78, 5) is 4.13. The van der Waals surface area contributed by atoms with Crippen LogP contribution in [-0.4, -0.2) is 33.2 Å². The molecule has 5 nitrogen and oxygen atoms in total. The summed E-state index contributed by atoms with van der Waals surface area (Å²) in [6, 6.07) is 4.05. The van der Waals surface area contributed by atoms with Crippen molar-refractivity contribution in [3.05, 3.63) is 17.3 Å². The highest BCUT2D eigenvalue weighted by Gasteiger charge is 2.19. The lowest BCUT2D eigenvalue weighted by Crippen LogP contribution is -2.20. The number of nitrogens with zero attached hydrogens (tertiary/aromatic N) is 4. The molecule has 0 aromatic carbocycles. The van der Waals surface area contributed by atoms with Crippen molar-refractivity contribution in [3.63, 3.8) is 0 Å². The van der Waals surface area contributed by atoms with Crippen LogP contribution in [0.3, 0.4) is 0 Å². The molecule has 3 rings (SSSR count). The molecule has 1 saturated heterocycles. The van der Waals surface area contributed by atoms with Gasteiger partial charge in [-0.05, 0) is 25.0 Å². The molecule has 0 atom stereocenters. The third-order valence-corrected chi connectivity index (χ3v) is 3.05. The van der Waals surface area contributed by atoms with Gasteiger partial charge in [0.25, 0.3) is 0 Å². The van der Waals surface area contributed by atoms with Crippen molar-refractivity contribution in [1.29, 1.82) is 0 Å². The Balaban J connectivity index is 2.03. The molecule has 1 fully saturated rings. The fourth-order valence-electron chi connectivity index (χ4n) is 2.01. The van der Waals surface area contributed by atoms with Gasteiger partial charge in [-0.15, -0.1) is 5.10 Å². The van der Waals surface area contributed by atoms with Crippen LogP contribution < -0.4 is 0 Å². The van der Waals surface area contributed by atoms with Gasteiger partial charge in [0, 0.05) is 13.2 Å². The first-order valence-electron chi connectivity index (χ1n) is 5.30. The maximum Gasteiger partial charge on any atom is 0.203 e. The number of fused-ring (bicyclic) bond motifs is 1. The molecule has 2 aromatic heterocycles. The maximum atomic E-state index is 5.81. The van der Waals surface area contributed by atoms with Gasteiger partial charge in [-0.2, -0.15) is 0 Å². The molecule has 0 N–H and O–H groups in total. The Labute approximate surface area is 97.4 Å². The van der Waals surface area contributed by atoms with Crippen molar-refractivity contribution in [2.75, 3.05) is 13.2 Å². The van der Waals surface area contributed by atoms with E-state index in [0.717, 1.165) is 31.6 Å². The summed E-state index contributed by atoms with van der Waals surface area (Å²) in [5.41, 5.74) is 1.55. The highest BCUT2D eigenvalue weighted by Crippen LogP contribution is 2.23. The van der Waals surface area contributed by atoms with Gasteiger partial charge in [0.15, 0.2) is 0 Å². The molecule has 16 heavy (non-hydrogen) atoms. The van der Waals surface area contributed by atoms with Crippen molar-refractivity contribution in [3.8, 4) is 0 Å². The van der Waals surface area contributed by atoms with Crippen LogP contribution >= 0.6 is 11.6 Å². The first-order valence-corrected chi connectivity index (χ1v) is 5.67. The molecule has 1 aliphatic heterocycles. The Bertz CT molecular complexity index is 506. The molecule has 2 aromatic rings. The molecule has 0 bridgehead atoms. The molecule has 0 aliphatic carbocycles. The van der Waals surface area contributed by atoms with E-state index < -0.39 is 0 Å². The number of aromatic nitrogens is 4. The molecule has 1 aliphatic rings. The number of ether oxygens (including phenoxy) is 1. The fourth-order valence-corrected chi connectivity index (χ4v) is 2.15. The summed E-state index contributed by atoms with van der Waals surface area (Å²) in [5.74, 6) is 0. The molecule has 0 saturated carbocycles. The maximum absolute atomic E-state index is 5.81. The second-order valence-corrected chi connectivity index (χ2v) is 4.24. The quantitative estimate of drug-likeness (QED) is 0.712. The molecule has 0 unspecified atom stereocenters. The third-order valence-electron chi connectivity index (χ3n) is 2.84.